The van der Waals surface area contributed by atoms with Gasteiger partial charge in [0.05, 0.1) is 0 Å². The van der Waals surface area contributed by atoms with Gasteiger partial charge in [0.2, 0.25) is 0 Å². The Balaban J connectivity index is 1.70. The number of hydrogen-bond acceptors (Lipinski definition) is 6. The molecule has 0 amide bonds. The molecule has 0 aromatic heterocycles. The Morgan fingerprint density at radius 2 is 1.21 bits per heavy atom. The van der Waals surface area contributed by atoms with Gasteiger partial charge in [-0.1, -0.05) is 58.2 Å². The van der Waals surface area contributed by atoms with Crippen LogP contribution in [-0.2, 0) is 19.1 Å². The highest BCUT2D eigenvalue weighted by atomic mass is 16.6. The minimum Gasteiger partial charge on any atom is -0.489 e. The predicted octanol–water partition coefficient (Wildman–Crippen LogP) is 7.00. The molecule has 38 heavy (non-hydrogen) atoms. The van der Waals surface area contributed by atoms with Gasteiger partial charge in [0, 0.05) is 33.0 Å². The molecule has 6 heteroatoms. The third-order valence-corrected chi connectivity index (χ3v) is 7.98. The van der Waals surface area contributed by atoms with Crippen LogP contribution in [0.2, 0.25) is 0 Å². The molecule has 2 bridgehead atoms. The number of benzene rings is 2. The SMILES string of the molecule is C=C(C)C(=O)OC(CC)COc1c2c(c(OCC(CC)OC(=O)C(=C)C)c3ccccc13)C1CCC2C1C. The lowest BCUT2D eigenvalue weighted by Crippen LogP contribution is -2.26. The van der Waals surface area contributed by atoms with Crippen molar-refractivity contribution in [3.63, 3.8) is 0 Å². The third-order valence-electron chi connectivity index (χ3n) is 7.98. The lowest BCUT2D eigenvalue weighted by atomic mass is 9.87. The van der Waals surface area contributed by atoms with Gasteiger partial charge in [-0.3, -0.25) is 0 Å². The molecule has 0 heterocycles. The molecule has 1 saturated carbocycles. The summed E-state index contributed by atoms with van der Waals surface area (Å²) in [6.45, 7) is 17.5. The summed E-state index contributed by atoms with van der Waals surface area (Å²) in [6.07, 6.45) is 2.78. The molecule has 0 radical (unpaired) electrons. The van der Waals surface area contributed by atoms with Crippen molar-refractivity contribution in [1.82, 2.24) is 0 Å². The molecule has 6 nitrogen and oxygen atoms in total. The van der Waals surface area contributed by atoms with Crippen molar-refractivity contribution in [2.45, 2.75) is 84.3 Å². The molecular weight excluding hydrogens is 480 g/mol. The van der Waals surface area contributed by atoms with E-state index in [0.29, 0.717) is 41.7 Å². The Kier molecular flexibility index (Phi) is 8.49. The maximum atomic E-state index is 12.1. The highest BCUT2D eigenvalue weighted by Crippen LogP contribution is 2.63. The summed E-state index contributed by atoms with van der Waals surface area (Å²) >= 11 is 0. The van der Waals surface area contributed by atoms with Crippen LogP contribution >= 0.6 is 0 Å². The van der Waals surface area contributed by atoms with E-state index < -0.39 is 11.9 Å². The predicted molar refractivity (Wildman–Crippen MR) is 149 cm³/mol. The van der Waals surface area contributed by atoms with Crippen molar-refractivity contribution >= 4 is 22.7 Å². The van der Waals surface area contributed by atoms with E-state index in [-0.39, 0.29) is 25.4 Å². The molecule has 4 atom stereocenters. The smallest absolute Gasteiger partial charge is 0.333 e. The van der Waals surface area contributed by atoms with Gasteiger partial charge in [-0.05, 0) is 57.3 Å². The molecule has 204 valence electrons. The highest BCUT2D eigenvalue weighted by Gasteiger charge is 2.48. The molecule has 2 aromatic rings. The van der Waals surface area contributed by atoms with E-state index in [9.17, 15) is 9.59 Å². The Labute approximate surface area is 226 Å². The fraction of sp³-hybridized carbons (Fsp3) is 0.500. The Morgan fingerprint density at radius 3 is 1.55 bits per heavy atom. The molecule has 4 unspecified atom stereocenters. The van der Waals surface area contributed by atoms with Crippen molar-refractivity contribution in [1.29, 1.82) is 0 Å². The van der Waals surface area contributed by atoms with Gasteiger partial charge in [0.25, 0.3) is 0 Å². The summed E-state index contributed by atoms with van der Waals surface area (Å²) in [5, 5.41) is 1.96. The Morgan fingerprint density at radius 1 is 0.816 bits per heavy atom. The van der Waals surface area contributed by atoms with Gasteiger partial charge in [0.1, 0.15) is 36.9 Å². The molecule has 0 N–H and O–H groups in total. The van der Waals surface area contributed by atoms with Crippen LogP contribution in [0.4, 0.5) is 0 Å². The first kappa shape index (κ1) is 27.7. The average Bonchev–Trinajstić information content (AvgIpc) is 3.40. The molecule has 2 aliphatic carbocycles. The third kappa shape index (κ3) is 5.31. The highest BCUT2D eigenvalue weighted by molar-refractivity contribution is 5.97. The number of fused-ring (bicyclic) bond motifs is 6. The molecule has 2 aromatic carbocycles. The second-order valence-electron chi connectivity index (χ2n) is 10.7. The molecule has 0 saturated heterocycles. The first-order chi connectivity index (χ1) is 18.2. The van der Waals surface area contributed by atoms with Crippen LogP contribution in [0.1, 0.15) is 83.3 Å². The van der Waals surface area contributed by atoms with Gasteiger partial charge >= 0.3 is 11.9 Å². The zero-order valence-electron chi connectivity index (χ0n) is 23.3. The van der Waals surface area contributed by atoms with Crippen molar-refractivity contribution in [3.8, 4) is 11.5 Å². The van der Waals surface area contributed by atoms with E-state index in [4.69, 9.17) is 18.9 Å². The summed E-state index contributed by atoms with van der Waals surface area (Å²) in [5.41, 5.74) is 3.19. The first-order valence-electron chi connectivity index (χ1n) is 13.7. The van der Waals surface area contributed by atoms with E-state index in [1.165, 1.54) is 11.1 Å². The minimum absolute atomic E-state index is 0.271. The first-order valence-corrected chi connectivity index (χ1v) is 13.7. The summed E-state index contributed by atoms with van der Waals surface area (Å²) in [6, 6.07) is 8.13. The summed E-state index contributed by atoms with van der Waals surface area (Å²) < 4.78 is 24.3. The maximum Gasteiger partial charge on any atom is 0.333 e. The van der Waals surface area contributed by atoms with Crippen LogP contribution in [0, 0.1) is 5.92 Å². The van der Waals surface area contributed by atoms with Crippen LogP contribution in [0.3, 0.4) is 0 Å². The summed E-state index contributed by atoms with van der Waals surface area (Å²) in [7, 11) is 0. The topological polar surface area (TPSA) is 71.1 Å². The number of carbonyl (C=O) groups excluding carboxylic acids is 2. The summed E-state index contributed by atoms with van der Waals surface area (Å²) in [5.74, 6) is 2.20. The molecular formula is C32H40O6. The summed E-state index contributed by atoms with van der Waals surface area (Å²) in [4.78, 5) is 24.3. The van der Waals surface area contributed by atoms with Crippen molar-refractivity contribution in [3.05, 3.63) is 59.7 Å². The van der Waals surface area contributed by atoms with Gasteiger partial charge in [-0.25, -0.2) is 9.59 Å². The largest absolute Gasteiger partial charge is 0.489 e. The van der Waals surface area contributed by atoms with Gasteiger partial charge in [-0.15, -0.1) is 0 Å². The maximum absolute atomic E-state index is 12.1. The minimum atomic E-state index is -0.398. The number of ether oxygens (including phenoxy) is 4. The van der Waals surface area contributed by atoms with E-state index in [1.54, 1.807) is 13.8 Å². The lowest BCUT2D eigenvalue weighted by Gasteiger charge is -2.27. The molecule has 2 aliphatic rings. The monoisotopic (exact) mass is 520 g/mol. The van der Waals surface area contributed by atoms with Crippen LogP contribution in [0.5, 0.6) is 11.5 Å². The fourth-order valence-electron chi connectivity index (χ4n) is 5.77. The molecule has 0 aliphatic heterocycles. The zero-order chi connectivity index (χ0) is 27.6. The average molecular weight is 521 g/mol. The van der Waals surface area contributed by atoms with Crippen molar-refractivity contribution in [2.24, 2.45) is 5.92 Å². The number of rotatable bonds is 12. The van der Waals surface area contributed by atoms with Crippen LogP contribution in [0.25, 0.3) is 10.8 Å². The standard InChI is InChI=1S/C32H40O6/c1-8-21(37-31(33)18(3)4)16-35-29-25-12-10-11-13-26(25)30(28-24-15-14-23(20(24)7)27(28)29)36-17-22(9-2)38-32(34)19(5)6/h10-13,20-24H,3,5,8-9,14-17H2,1-2,4,6-7H3. The van der Waals surface area contributed by atoms with E-state index in [0.717, 1.165) is 35.1 Å². The van der Waals surface area contributed by atoms with E-state index >= 15 is 0 Å². The van der Waals surface area contributed by atoms with Gasteiger partial charge in [-0.2, -0.15) is 0 Å². The van der Waals surface area contributed by atoms with E-state index in [1.807, 2.05) is 26.0 Å². The van der Waals surface area contributed by atoms with Crippen LogP contribution < -0.4 is 9.47 Å². The van der Waals surface area contributed by atoms with Crippen LogP contribution in [-0.4, -0.2) is 37.4 Å². The quantitative estimate of drug-likeness (QED) is 0.222. The molecule has 1 fully saturated rings. The number of hydrogen-bond donors (Lipinski definition) is 0. The number of carbonyl (C=O) groups is 2. The second kappa shape index (κ2) is 11.6. The zero-order valence-corrected chi connectivity index (χ0v) is 23.3. The Hall–Kier alpha value is -3.28. The van der Waals surface area contributed by atoms with Gasteiger partial charge < -0.3 is 18.9 Å². The molecule has 0 spiro atoms. The number of esters is 2. The van der Waals surface area contributed by atoms with Crippen molar-refractivity contribution in [2.75, 3.05) is 13.2 Å². The molecule has 4 rings (SSSR count). The van der Waals surface area contributed by atoms with E-state index in [2.05, 4.69) is 32.2 Å². The second-order valence-corrected chi connectivity index (χ2v) is 10.7. The van der Waals surface area contributed by atoms with Crippen molar-refractivity contribution < 1.29 is 28.5 Å². The Bertz CT molecular complexity index is 1150. The lowest BCUT2D eigenvalue weighted by molar-refractivity contribution is -0.146. The normalized spacial score (nSPS) is 20.9. The fourth-order valence-corrected chi connectivity index (χ4v) is 5.77. The van der Waals surface area contributed by atoms with Crippen LogP contribution in [0.15, 0.2) is 48.6 Å². The van der Waals surface area contributed by atoms with Gasteiger partial charge in [0.15, 0.2) is 0 Å².